The molecule has 0 fully saturated rings. The quantitative estimate of drug-likeness (QED) is 0.541. The first-order valence-electron chi connectivity index (χ1n) is 3.31. The van der Waals surface area contributed by atoms with Gasteiger partial charge in [0.2, 0.25) is 0 Å². The van der Waals surface area contributed by atoms with E-state index >= 15 is 0 Å². The van der Waals surface area contributed by atoms with Gasteiger partial charge in [-0.2, -0.15) is 0 Å². The van der Waals surface area contributed by atoms with Gasteiger partial charge in [-0.3, -0.25) is 0 Å². The van der Waals surface area contributed by atoms with Gasteiger partial charge in [0.1, 0.15) is 11.6 Å². The van der Waals surface area contributed by atoms with Gasteiger partial charge in [0.05, 0.1) is 7.85 Å². The Kier molecular flexibility index (Phi) is 2.27. The highest BCUT2D eigenvalue weighted by Gasteiger charge is 2.02. The lowest BCUT2D eigenvalue weighted by atomic mass is 9.83. The molecule has 0 aliphatic rings. The number of halogens is 2. The topological polar surface area (TPSA) is 0 Å². The van der Waals surface area contributed by atoms with Crippen molar-refractivity contribution in [2.24, 2.45) is 0 Å². The SMILES string of the molecule is [B]C(C)c1cc(F)cc(F)c1. The molecule has 0 amide bonds. The molecule has 0 saturated heterocycles. The van der Waals surface area contributed by atoms with E-state index in [4.69, 9.17) is 7.85 Å². The largest absolute Gasteiger partial charge is 0.207 e. The van der Waals surface area contributed by atoms with Crippen molar-refractivity contribution in [3.63, 3.8) is 0 Å². The van der Waals surface area contributed by atoms with Crippen LogP contribution in [0.4, 0.5) is 8.78 Å². The highest BCUT2D eigenvalue weighted by molar-refractivity contribution is 6.12. The Hall–Kier alpha value is -0.855. The lowest BCUT2D eigenvalue weighted by Gasteiger charge is -2.04. The third-order valence-corrected chi connectivity index (χ3v) is 1.41. The molecule has 1 unspecified atom stereocenters. The maximum Gasteiger partial charge on any atom is 0.126 e. The molecule has 0 bridgehead atoms. The van der Waals surface area contributed by atoms with Crippen molar-refractivity contribution in [3.05, 3.63) is 35.4 Å². The Morgan fingerprint density at radius 1 is 1.18 bits per heavy atom. The first-order chi connectivity index (χ1) is 5.09. The molecular formula is C8H7BF2. The molecule has 1 aromatic carbocycles. The average Bonchev–Trinajstić information content (AvgIpc) is 1.85. The van der Waals surface area contributed by atoms with Gasteiger partial charge in [-0.1, -0.05) is 12.7 Å². The predicted octanol–water partition coefficient (Wildman–Crippen LogP) is 2.19. The monoisotopic (exact) mass is 152 g/mol. The fourth-order valence-electron chi connectivity index (χ4n) is 0.838. The fourth-order valence-corrected chi connectivity index (χ4v) is 0.838. The zero-order valence-corrected chi connectivity index (χ0v) is 6.14. The molecule has 2 radical (unpaired) electrons. The third kappa shape index (κ3) is 2.04. The summed E-state index contributed by atoms with van der Waals surface area (Å²) in [5.41, 5.74) is 0.475. The highest BCUT2D eigenvalue weighted by Crippen LogP contribution is 2.14. The minimum absolute atomic E-state index is 0.333. The Morgan fingerprint density at radius 2 is 1.64 bits per heavy atom. The van der Waals surface area contributed by atoms with Crippen LogP contribution in [0.2, 0.25) is 0 Å². The summed E-state index contributed by atoms with van der Waals surface area (Å²) in [6.07, 6.45) is 0. The predicted molar refractivity (Wildman–Crippen MR) is 40.5 cm³/mol. The van der Waals surface area contributed by atoms with Crippen LogP contribution >= 0.6 is 0 Å². The Balaban J connectivity index is 3.08. The summed E-state index contributed by atoms with van der Waals surface area (Å²) >= 11 is 0. The standard InChI is InChI=1S/C8H7BF2/c1-5(9)6-2-7(10)4-8(11)3-6/h2-5H,1H3. The van der Waals surface area contributed by atoms with E-state index in [9.17, 15) is 8.78 Å². The van der Waals surface area contributed by atoms with Gasteiger partial charge in [0.25, 0.3) is 0 Å². The molecule has 0 saturated carbocycles. The molecule has 0 aromatic heterocycles. The molecule has 11 heavy (non-hydrogen) atoms. The van der Waals surface area contributed by atoms with Crippen LogP contribution < -0.4 is 0 Å². The maximum atomic E-state index is 12.5. The maximum absolute atomic E-state index is 12.5. The van der Waals surface area contributed by atoms with Crippen LogP contribution in [0.3, 0.4) is 0 Å². The molecule has 0 aliphatic heterocycles. The van der Waals surface area contributed by atoms with E-state index in [1.807, 2.05) is 0 Å². The summed E-state index contributed by atoms with van der Waals surface area (Å²) in [6, 6.07) is 3.29. The van der Waals surface area contributed by atoms with Crippen molar-refractivity contribution in [2.45, 2.75) is 12.7 Å². The Morgan fingerprint density at radius 3 is 2.00 bits per heavy atom. The zero-order valence-electron chi connectivity index (χ0n) is 6.14. The zero-order chi connectivity index (χ0) is 8.43. The van der Waals surface area contributed by atoms with Crippen molar-refractivity contribution in [2.75, 3.05) is 0 Å². The molecule has 1 atom stereocenters. The number of hydrogen-bond acceptors (Lipinski definition) is 0. The van der Waals surface area contributed by atoms with Crippen molar-refractivity contribution >= 4 is 7.85 Å². The minimum Gasteiger partial charge on any atom is -0.207 e. The van der Waals surface area contributed by atoms with E-state index in [0.29, 0.717) is 5.56 Å². The first kappa shape index (κ1) is 8.24. The molecule has 1 rings (SSSR count). The van der Waals surface area contributed by atoms with Crippen LogP contribution in [-0.2, 0) is 0 Å². The molecule has 0 nitrogen and oxygen atoms in total. The molecular weight excluding hydrogens is 145 g/mol. The number of rotatable bonds is 1. The molecule has 0 aliphatic carbocycles. The highest BCUT2D eigenvalue weighted by atomic mass is 19.1. The third-order valence-electron chi connectivity index (χ3n) is 1.41. The van der Waals surface area contributed by atoms with Crippen molar-refractivity contribution < 1.29 is 8.78 Å². The van der Waals surface area contributed by atoms with Crippen LogP contribution in [0.1, 0.15) is 18.3 Å². The van der Waals surface area contributed by atoms with Crippen LogP contribution in [-0.4, -0.2) is 7.85 Å². The summed E-state index contributed by atoms with van der Waals surface area (Å²) in [6.45, 7) is 1.67. The average molecular weight is 152 g/mol. The van der Waals surface area contributed by atoms with E-state index in [-0.39, 0.29) is 5.82 Å². The second-order valence-electron chi connectivity index (χ2n) is 2.49. The lowest BCUT2D eigenvalue weighted by Crippen LogP contribution is -1.94. The van der Waals surface area contributed by atoms with Gasteiger partial charge in [-0.15, -0.1) is 0 Å². The smallest absolute Gasteiger partial charge is 0.126 e. The molecule has 0 N–H and O–H groups in total. The summed E-state index contributed by atoms with van der Waals surface area (Å²) in [5.74, 6) is -1.50. The van der Waals surface area contributed by atoms with E-state index in [0.717, 1.165) is 6.07 Å². The molecule has 0 heterocycles. The second kappa shape index (κ2) is 3.03. The Labute approximate surface area is 65.6 Å². The van der Waals surface area contributed by atoms with E-state index in [1.54, 1.807) is 6.92 Å². The van der Waals surface area contributed by atoms with Gasteiger partial charge in [-0.05, 0) is 17.7 Å². The van der Waals surface area contributed by atoms with Crippen LogP contribution in [0, 0.1) is 11.6 Å². The summed E-state index contributed by atoms with van der Waals surface area (Å²) in [5, 5.41) is 0. The lowest BCUT2D eigenvalue weighted by molar-refractivity contribution is 0.579. The molecule has 3 heteroatoms. The van der Waals surface area contributed by atoms with Gasteiger partial charge in [0, 0.05) is 6.07 Å². The molecule has 1 aromatic rings. The first-order valence-corrected chi connectivity index (χ1v) is 3.31. The van der Waals surface area contributed by atoms with Gasteiger partial charge >= 0.3 is 0 Å². The van der Waals surface area contributed by atoms with Gasteiger partial charge in [-0.25, -0.2) is 8.78 Å². The number of benzene rings is 1. The summed E-state index contributed by atoms with van der Waals surface area (Å²) in [4.78, 5) is 0. The van der Waals surface area contributed by atoms with Crippen LogP contribution in [0.15, 0.2) is 18.2 Å². The summed E-state index contributed by atoms with van der Waals surface area (Å²) < 4.78 is 25.0. The Bertz CT molecular complexity index is 238. The van der Waals surface area contributed by atoms with E-state index < -0.39 is 11.6 Å². The normalized spacial score (nSPS) is 13.0. The second-order valence-corrected chi connectivity index (χ2v) is 2.49. The minimum atomic E-state index is -0.586. The molecule has 56 valence electrons. The fraction of sp³-hybridized carbons (Fsp3) is 0.250. The summed E-state index contributed by atoms with van der Waals surface area (Å²) in [7, 11) is 5.42. The van der Waals surface area contributed by atoms with E-state index in [2.05, 4.69) is 0 Å². The van der Waals surface area contributed by atoms with Gasteiger partial charge < -0.3 is 0 Å². The van der Waals surface area contributed by atoms with Crippen LogP contribution in [0.25, 0.3) is 0 Å². The van der Waals surface area contributed by atoms with Crippen LogP contribution in [0.5, 0.6) is 0 Å². The molecule has 0 spiro atoms. The number of hydrogen-bond donors (Lipinski definition) is 0. The van der Waals surface area contributed by atoms with Crippen molar-refractivity contribution in [3.8, 4) is 0 Å². The van der Waals surface area contributed by atoms with Crippen molar-refractivity contribution in [1.82, 2.24) is 0 Å². The van der Waals surface area contributed by atoms with Gasteiger partial charge in [0.15, 0.2) is 0 Å². The van der Waals surface area contributed by atoms with Crippen molar-refractivity contribution in [1.29, 1.82) is 0 Å². The van der Waals surface area contributed by atoms with E-state index in [1.165, 1.54) is 12.1 Å².